The minimum atomic E-state index is 0.213. The van der Waals surface area contributed by atoms with Crippen LogP contribution in [0.15, 0.2) is 30.5 Å². The third-order valence-corrected chi connectivity index (χ3v) is 5.23. The maximum atomic E-state index is 11.8. The molecule has 0 atom stereocenters. The third-order valence-electron chi connectivity index (χ3n) is 5.23. The summed E-state index contributed by atoms with van der Waals surface area (Å²) in [6.45, 7) is 4.74. The lowest BCUT2D eigenvalue weighted by molar-refractivity contribution is -0.107. The molecule has 0 bridgehead atoms. The van der Waals surface area contributed by atoms with Crippen molar-refractivity contribution >= 4 is 17.9 Å². The van der Waals surface area contributed by atoms with Gasteiger partial charge in [-0.2, -0.15) is 4.98 Å². The van der Waals surface area contributed by atoms with Crippen molar-refractivity contribution in [2.24, 2.45) is 0 Å². The molecule has 1 aromatic heterocycles. The predicted molar refractivity (Wildman–Crippen MR) is 117 cm³/mol. The molecule has 8 nitrogen and oxygen atoms in total. The van der Waals surface area contributed by atoms with Crippen LogP contribution in [0.25, 0.3) is 0 Å². The standard InChI is InChI=1S/C22H31N5O3/c1-23-20-15-24-22(30-14-13-29-2)25-21(20)27(17-28)16-19-7-5-18(6-8-19)9-12-26-10-3-4-11-26/h5-8,15,17,23H,3-4,9-14,16H2,1-2H3. The predicted octanol–water partition coefficient (Wildman–Crippen LogP) is 2.34. The number of nitrogens with zero attached hydrogens (tertiary/aromatic N) is 4. The van der Waals surface area contributed by atoms with E-state index in [0.29, 0.717) is 31.3 Å². The zero-order valence-electron chi connectivity index (χ0n) is 17.8. The number of aromatic nitrogens is 2. The lowest BCUT2D eigenvalue weighted by atomic mass is 10.1. The number of hydrogen-bond donors (Lipinski definition) is 1. The van der Waals surface area contributed by atoms with E-state index in [4.69, 9.17) is 9.47 Å². The van der Waals surface area contributed by atoms with Crippen molar-refractivity contribution < 1.29 is 14.3 Å². The lowest BCUT2D eigenvalue weighted by Crippen LogP contribution is -2.23. The van der Waals surface area contributed by atoms with E-state index in [1.165, 1.54) is 31.5 Å². The van der Waals surface area contributed by atoms with Gasteiger partial charge in [-0.15, -0.1) is 0 Å². The molecule has 8 heteroatoms. The number of ether oxygens (including phenoxy) is 2. The molecule has 3 rings (SSSR count). The molecule has 30 heavy (non-hydrogen) atoms. The SMILES string of the molecule is CNc1cnc(OCCOC)nc1N(C=O)Cc1ccc(CCN2CCCC2)cc1. The molecule has 1 saturated heterocycles. The number of rotatable bonds is 12. The molecule has 0 unspecified atom stereocenters. The third kappa shape index (κ3) is 6.14. The molecule has 2 heterocycles. The number of carbonyl (C=O) groups excluding carboxylic acids is 1. The maximum absolute atomic E-state index is 11.8. The van der Waals surface area contributed by atoms with Gasteiger partial charge in [-0.1, -0.05) is 24.3 Å². The molecule has 1 amide bonds. The van der Waals surface area contributed by atoms with E-state index in [2.05, 4.69) is 44.5 Å². The molecule has 0 spiro atoms. The highest BCUT2D eigenvalue weighted by atomic mass is 16.5. The van der Waals surface area contributed by atoms with Gasteiger partial charge in [0.25, 0.3) is 0 Å². The number of benzene rings is 1. The first-order valence-electron chi connectivity index (χ1n) is 10.4. The molecular weight excluding hydrogens is 382 g/mol. The summed E-state index contributed by atoms with van der Waals surface area (Å²) in [7, 11) is 3.37. The van der Waals surface area contributed by atoms with Crippen molar-refractivity contribution in [2.75, 3.05) is 57.2 Å². The molecule has 1 aliphatic heterocycles. The van der Waals surface area contributed by atoms with Gasteiger partial charge in [-0.25, -0.2) is 4.98 Å². The van der Waals surface area contributed by atoms with Gasteiger partial charge < -0.3 is 19.7 Å². The molecule has 1 N–H and O–H groups in total. The quantitative estimate of drug-likeness (QED) is 0.423. The first kappa shape index (κ1) is 22.0. The highest BCUT2D eigenvalue weighted by Crippen LogP contribution is 2.25. The van der Waals surface area contributed by atoms with Crippen LogP contribution < -0.4 is 15.0 Å². The molecular formula is C22H31N5O3. The van der Waals surface area contributed by atoms with Gasteiger partial charge in [-0.05, 0) is 43.5 Å². The Balaban J connectivity index is 1.65. The number of carbonyl (C=O) groups is 1. The summed E-state index contributed by atoms with van der Waals surface area (Å²) in [5.41, 5.74) is 3.01. The van der Waals surface area contributed by atoms with Crippen LogP contribution in [-0.4, -0.2) is 68.3 Å². The first-order chi connectivity index (χ1) is 14.7. The number of likely N-dealkylation sites (tertiary alicyclic amines) is 1. The fraction of sp³-hybridized carbons (Fsp3) is 0.500. The minimum absolute atomic E-state index is 0.213. The lowest BCUT2D eigenvalue weighted by Gasteiger charge is -2.20. The highest BCUT2D eigenvalue weighted by molar-refractivity contribution is 5.80. The smallest absolute Gasteiger partial charge is 0.318 e. The normalized spacial score (nSPS) is 13.9. The van der Waals surface area contributed by atoms with Gasteiger partial charge in [0.1, 0.15) is 6.61 Å². The fourth-order valence-corrected chi connectivity index (χ4v) is 3.50. The maximum Gasteiger partial charge on any atom is 0.318 e. The molecule has 1 aliphatic rings. The van der Waals surface area contributed by atoms with Crippen LogP contribution in [0.3, 0.4) is 0 Å². The zero-order valence-corrected chi connectivity index (χ0v) is 17.8. The number of methoxy groups -OCH3 is 1. The van der Waals surface area contributed by atoms with E-state index in [1.54, 1.807) is 25.3 Å². The monoisotopic (exact) mass is 413 g/mol. The molecule has 0 saturated carbocycles. The van der Waals surface area contributed by atoms with Gasteiger partial charge in [0.05, 0.1) is 25.0 Å². The Bertz CT molecular complexity index is 794. The Labute approximate surface area is 178 Å². The largest absolute Gasteiger partial charge is 0.461 e. The van der Waals surface area contributed by atoms with E-state index < -0.39 is 0 Å². The summed E-state index contributed by atoms with van der Waals surface area (Å²) in [6.07, 6.45) is 6.08. The van der Waals surface area contributed by atoms with Crippen LogP contribution in [0.2, 0.25) is 0 Å². The van der Waals surface area contributed by atoms with Crippen molar-refractivity contribution in [1.29, 1.82) is 0 Å². The Morgan fingerprint density at radius 3 is 2.57 bits per heavy atom. The van der Waals surface area contributed by atoms with E-state index in [9.17, 15) is 4.79 Å². The topological polar surface area (TPSA) is 79.8 Å². The Kier molecular flexibility index (Phi) is 8.41. The molecule has 1 fully saturated rings. The second-order valence-corrected chi connectivity index (χ2v) is 7.33. The summed E-state index contributed by atoms with van der Waals surface area (Å²) >= 11 is 0. The molecule has 1 aromatic carbocycles. The van der Waals surface area contributed by atoms with Crippen LogP contribution in [0.5, 0.6) is 6.01 Å². The Morgan fingerprint density at radius 2 is 1.90 bits per heavy atom. The molecule has 2 aromatic rings. The van der Waals surface area contributed by atoms with Crippen LogP contribution >= 0.6 is 0 Å². The van der Waals surface area contributed by atoms with Gasteiger partial charge in [0.15, 0.2) is 5.82 Å². The molecule has 162 valence electrons. The van der Waals surface area contributed by atoms with Crippen LogP contribution in [0.4, 0.5) is 11.5 Å². The van der Waals surface area contributed by atoms with Crippen molar-refractivity contribution in [1.82, 2.24) is 14.9 Å². The van der Waals surface area contributed by atoms with Crippen molar-refractivity contribution in [3.8, 4) is 6.01 Å². The van der Waals surface area contributed by atoms with E-state index >= 15 is 0 Å². The average molecular weight is 414 g/mol. The molecule has 0 radical (unpaired) electrons. The van der Waals surface area contributed by atoms with Crippen LogP contribution in [0.1, 0.15) is 24.0 Å². The van der Waals surface area contributed by atoms with E-state index in [-0.39, 0.29) is 6.01 Å². The number of anilines is 2. The highest BCUT2D eigenvalue weighted by Gasteiger charge is 2.16. The Hall–Kier alpha value is -2.71. The average Bonchev–Trinajstić information content (AvgIpc) is 3.31. The van der Waals surface area contributed by atoms with Crippen molar-refractivity contribution in [2.45, 2.75) is 25.8 Å². The minimum Gasteiger partial charge on any atom is -0.461 e. The summed E-state index contributed by atoms with van der Waals surface area (Å²) in [5, 5.41) is 3.03. The summed E-state index contributed by atoms with van der Waals surface area (Å²) in [5.74, 6) is 0.480. The number of amides is 1. The van der Waals surface area contributed by atoms with Crippen molar-refractivity contribution in [3.05, 3.63) is 41.6 Å². The molecule has 0 aliphatic carbocycles. The first-order valence-corrected chi connectivity index (χ1v) is 10.4. The van der Waals surface area contributed by atoms with Gasteiger partial charge in [-0.3, -0.25) is 9.69 Å². The Morgan fingerprint density at radius 1 is 1.17 bits per heavy atom. The number of hydrogen-bond acceptors (Lipinski definition) is 7. The van der Waals surface area contributed by atoms with Crippen molar-refractivity contribution in [3.63, 3.8) is 0 Å². The fourth-order valence-electron chi connectivity index (χ4n) is 3.50. The summed E-state index contributed by atoms with van der Waals surface area (Å²) in [4.78, 5) is 24.5. The van der Waals surface area contributed by atoms with Crippen LogP contribution in [-0.2, 0) is 22.5 Å². The second-order valence-electron chi connectivity index (χ2n) is 7.33. The van der Waals surface area contributed by atoms with E-state index in [0.717, 1.165) is 24.9 Å². The van der Waals surface area contributed by atoms with Gasteiger partial charge in [0, 0.05) is 20.7 Å². The van der Waals surface area contributed by atoms with Gasteiger partial charge >= 0.3 is 6.01 Å². The summed E-state index contributed by atoms with van der Waals surface area (Å²) < 4.78 is 10.5. The second kappa shape index (κ2) is 11.5. The summed E-state index contributed by atoms with van der Waals surface area (Å²) in [6, 6.07) is 8.65. The van der Waals surface area contributed by atoms with Gasteiger partial charge in [0.2, 0.25) is 6.41 Å². The zero-order chi connectivity index (χ0) is 21.2. The van der Waals surface area contributed by atoms with E-state index in [1.807, 2.05) is 0 Å². The number of nitrogens with one attached hydrogen (secondary N) is 1. The van der Waals surface area contributed by atoms with Crippen LogP contribution in [0, 0.1) is 0 Å².